The number of nitrogens with zero attached hydrogens (tertiary/aromatic N) is 1. The topological polar surface area (TPSA) is 40.5 Å². The molecule has 1 aliphatic rings. The Bertz CT molecular complexity index is 775. The molecule has 0 radical (unpaired) electrons. The largest absolute Gasteiger partial charge is 0.508 e. The number of phenols is 1. The molecule has 0 saturated carbocycles. The number of aromatic hydroxyl groups is 1. The van der Waals surface area contributed by atoms with Gasteiger partial charge in [0.2, 0.25) is 0 Å². The first kappa shape index (κ1) is 16.6. The van der Waals surface area contributed by atoms with Crippen molar-refractivity contribution in [2.45, 2.75) is 46.1 Å². The molecule has 0 aromatic heterocycles. The highest BCUT2D eigenvalue weighted by Gasteiger charge is 2.35. The molecule has 24 heavy (non-hydrogen) atoms. The van der Waals surface area contributed by atoms with Crippen LogP contribution in [0.15, 0.2) is 36.4 Å². The lowest BCUT2D eigenvalue weighted by molar-refractivity contribution is 0.0652. The predicted octanol–water partition coefficient (Wildman–Crippen LogP) is 4.69. The quantitative estimate of drug-likeness (QED) is 0.871. The zero-order chi connectivity index (χ0) is 17.5. The Balaban J connectivity index is 1.89. The zero-order valence-electron chi connectivity index (χ0n) is 14.9. The van der Waals surface area contributed by atoms with Crippen molar-refractivity contribution in [3.8, 4) is 16.9 Å². The van der Waals surface area contributed by atoms with Gasteiger partial charge in [0, 0.05) is 17.6 Å². The van der Waals surface area contributed by atoms with Crippen LogP contribution in [0.2, 0.25) is 0 Å². The number of hydrogen-bond acceptors (Lipinski definition) is 2. The van der Waals surface area contributed by atoms with E-state index in [1.165, 1.54) is 0 Å². The maximum Gasteiger partial charge on any atom is 0.254 e. The summed E-state index contributed by atoms with van der Waals surface area (Å²) in [6, 6.07) is 11.5. The number of carbonyl (C=O) groups is 1. The molecule has 2 aromatic carbocycles. The van der Waals surface area contributed by atoms with Crippen LogP contribution in [0, 0.1) is 13.8 Å². The van der Waals surface area contributed by atoms with Crippen molar-refractivity contribution in [3.63, 3.8) is 0 Å². The van der Waals surface area contributed by atoms with E-state index in [0.29, 0.717) is 5.75 Å². The standard InChI is InChI=1S/C21H25NO2/c1-14-15(2)19(23)11-10-18(14)16-6-8-17(9-7-16)20(24)22-13-5-12-21(22,3)4/h6-11,23H,5,12-13H2,1-4H3. The van der Waals surface area contributed by atoms with Gasteiger partial charge in [0.1, 0.15) is 5.75 Å². The van der Waals surface area contributed by atoms with Crippen molar-refractivity contribution in [3.05, 3.63) is 53.1 Å². The molecule has 0 unspecified atom stereocenters. The third-order valence-electron chi connectivity index (χ3n) is 5.35. The molecule has 3 heteroatoms. The summed E-state index contributed by atoms with van der Waals surface area (Å²) in [4.78, 5) is 14.8. The molecule has 1 saturated heterocycles. The smallest absolute Gasteiger partial charge is 0.254 e. The fraction of sp³-hybridized carbons (Fsp3) is 0.381. The highest BCUT2D eigenvalue weighted by atomic mass is 16.3. The van der Waals surface area contributed by atoms with Gasteiger partial charge in [-0.1, -0.05) is 18.2 Å². The average molecular weight is 323 g/mol. The van der Waals surface area contributed by atoms with Crippen molar-refractivity contribution in [1.29, 1.82) is 0 Å². The van der Waals surface area contributed by atoms with Gasteiger partial charge in [-0.25, -0.2) is 0 Å². The van der Waals surface area contributed by atoms with Gasteiger partial charge in [-0.15, -0.1) is 0 Å². The second-order valence-corrected chi connectivity index (χ2v) is 7.33. The first-order valence-electron chi connectivity index (χ1n) is 8.53. The minimum atomic E-state index is -0.0551. The maximum atomic E-state index is 12.8. The average Bonchev–Trinajstić information content (AvgIpc) is 2.92. The lowest BCUT2D eigenvalue weighted by atomic mass is 9.95. The molecule has 1 fully saturated rings. The number of carbonyl (C=O) groups excluding carboxylic acids is 1. The highest BCUT2D eigenvalue weighted by molar-refractivity contribution is 5.95. The van der Waals surface area contributed by atoms with Gasteiger partial charge in [0.15, 0.2) is 0 Å². The summed E-state index contributed by atoms with van der Waals surface area (Å²) < 4.78 is 0. The van der Waals surface area contributed by atoms with Crippen LogP contribution in [-0.2, 0) is 0 Å². The van der Waals surface area contributed by atoms with E-state index in [2.05, 4.69) is 13.8 Å². The van der Waals surface area contributed by atoms with Crippen LogP contribution >= 0.6 is 0 Å². The normalized spacial score (nSPS) is 16.4. The van der Waals surface area contributed by atoms with E-state index in [0.717, 1.165) is 47.2 Å². The van der Waals surface area contributed by atoms with Crippen LogP contribution in [0.25, 0.3) is 11.1 Å². The second-order valence-electron chi connectivity index (χ2n) is 7.33. The van der Waals surface area contributed by atoms with Crippen molar-refractivity contribution >= 4 is 5.91 Å². The summed E-state index contributed by atoms with van der Waals surface area (Å²) in [7, 11) is 0. The summed E-state index contributed by atoms with van der Waals surface area (Å²) in [6.07, 6.45) is 2.13. The maximum absolute atomic E-state index is 12.8. The monoisotopic (exact) mass is 323 g/mol. The van der Waals surface area contributed by atoms with Crippen LogP contribution in [0.3, 0.4) is 0 Å². The minimum absolute atomic E-state index is 0.0551. The van der Waals surface area contributed by atoms with Gasteiger partial charge < -0.3 is 10.0 Å². The first-order chi connectivity index (χ1) is 11.3. The second kappa shape index (κ2) is 5.97. The first-order valence-corrected chi connectivity index (χ1v) is 8.53. The Hall–Kier alpha value is -2.29. The van der Waals surface area contributed by atoms with Gasteiger partial charge in [0.05, 0.1) is 0 Å². The third kappa shape index (κ3) is 2.79. The fourth-order valence-electron chi connectivity index (χ4n) is 3.55. The van der Waals surface area contributed by atoms with E-state index < -0.39 is 0 Å². The lowest BCUT2D eigenvalue weighted by Gasteiger charge is -2.31. The van der Waals surface area contributed by atoms with Crippen LogP contribution in [0.1, 0.15) is 48.2 Å². The van der Waals surface area contributed by atoms with Crippen molar-refractivity contribution in [2.24, 2.45) is 0 Å². The molecule has 0 atom stereocenters. The van der Waals surface area contributed by atoms with E-state index >= 15 is 0 Å². The Kier molecular flexibility index (Phi) is 4.12. The summed E-state index contributed by atoms with van der Waals surface area (Å²) in [6.45, 7) is 9.03. The molecule has 0 spiro atoms. The number of amides is 1. The Labute approximate surface area is 143 Å². The van der Waals surface area contributed by atoms with Gasteiger partial charge in [0.25, 0.3) is 5.91 Å². The van der Waals surface area contributed by atoms with Crippen LogP contribution < -0.4 is 0 Å². The summed E-state index contributed by atoms with van der Waals surface area (Å²) >= 11 is 0. The van der Waals surface area contributed by atoms with Crippen molar-refractivity contribution in [1.82, 2.24) is 4.90 Å². The van der Waals surface area contributed by atoms with Crippen LogP contribution in [-0.4, -0.2) is 28.0 Å². The third-order valence-corrected chi connectivity index (χ3v) is 5.35. The van der Waals surface area contributed by atoms with Gasteiger partial charge in [-0.05, 0) is 81.0 Å². The molecular formula is C21H25NO2. The fourth-order valence-corrected chi connectivity index (χ4v) is 3.55. The Morgan fingerprint density at radius 3 is 2.29 bits per heavy atom. The van der Waals surface area contributed by atoms with E-state index in [-0.39, 0.29) is 11.4 Å². The predicted molar refractivity (Wildman–Crippen MR) is 97.4 cm³/mol. The summed E-state index contributed by atoms with van der Waals surface area (Å²) in [5.74, 6) is 0.432. The molecule has 1 N–H and O–H groups in total. The molecule has 3 nitrogen and oxygen atoms in total. The van der Waals surface area contributed by atoms with Crippen molar-refractivity contribution in [2.75, 3.05) is 6.54 Å². The van der Waals surface area contributed by atoms with E-state index in [9.17, 15) is 9.90 Å². The Morgan fingerprint density at radius 2 is 1.71 bits per heavy atom. The molecule has 3 rings (SSSR count). The summed E-state index contributed by atoms with van der Waals surface area (Å²) in [5, 5.41) is 9.81. The number of likely N-dealkylation sites (tertiary alicyclic amines) is 1. The van der Waals surface area contributed by atoms with Gasteiger partial charge in [-0.3, -0.25) is 4.79 Å². The number of phenolic OH excluding ortho intramolecular Hbond substituents is 1. The van der Waals surface area contributed by atoms with Crippen LogP contribution in [0.4, 0.5) is 0 Å². The van der Waals surface area contributed by atoms with E-state index in [4.69, 9.17) is 0 Å². The lowest BCUT2D eigenvalue weighted by Crippen LogP contribution is -2.42. The van der Waals surface area contributed by atoms with Crippen LogP contribution in [0.5, 0.6) is 5.75 Å². The van der Waals surface area contributed by atoms with Gasteiger partial charge >= 0.3 is 0 Å². The SMILES string of the molecule is Cc1c(O)ccc(-c2ccc(C(=O)N3CCCC3(C)C)cc2)c1C. The Morgan fingerprint density at radius 1 is 1.04 bits per heavy atom. The highest BCUT2D eigenvalue weighted by Crippen LogP contribution is 2.32. The molecule has 1 heterocycles. The molecular weight excluding hydrogens is 298 g/mol. The molecule has 0 aliphatic carbocycles. The van der Waals surface area contributed by atoms with E-state index in [1.807, 2.05) is 49.1 Å². The zero-order valence-corrected chi connectivity index (χ0v) is 14.9. The van der Waals surface area contributed by atoms with E-state index in [1.54, 1.807) is 6.07 Å². The molecule has 1 aliphatic heterocycles. The van der Waals surface area contributed by atoms with Crippen molar-refractivity contribution < 1.29 is 9.90 Å². The molecule has 126 valence electrons. The number of rotatable bonds is 2. The van der Waals surface area contributed by atoms with Gasteiger partial charge in [-0.2, -0.15) is 0 Å². The molecule has 0 bridgehead atoms. The number of hydrogen-bond donors (Lipinski definition) is 1. The molecule has 1 amide bonds. The number of benzene rings is 2. The minimum Gasteiger partial charge on any atom is -0.508 e. The molecule has 2 aromatic rings. The summed E-state index contributed by atoms with van der Waals surface area (Å²) in [5.41, 5.74) is 4.79.